The van der Waals surface area contributed by atoms with Crippen LogP contribution in [0.5, 0.6) is 5.75 Å². The molecule has 3 rings (SSSR count). The van der Waals surface area contributed by atoms with E-state index in [1.165, 1.54) is 5.56 Å². The van der Waals surface area contributed by atoms with Crippen LogP contribution in [0.1, 0.15) is 36.1 Å². The number of nitrogens with zero attached hydrogens (tertiary/aromatic N) is 2. The Morgan fingerprint density at radius 3 is 2.62 bits per heavy atom. The summed E-state index contributed by atoms with van der Waals surface area (Å²) in [5.74, 6) is 0.873. The monoisotopic (exact) mass is 395 g/mol. The van der Waals surface area contributed by atoms with Gasteiger partial charge in [-0.3, -0.25) is 4.79 Å². The molecule has 1 aliphatic rings. The molecule has 1 N–H and O–H groups in total. The molecule has 0 spiro atoms. The molecule has 1 fully saturated rings. The number of likely N-dealkylation sites (N-methyl/N-ethyl adjacent to an activating group) is 1. The van der Waals surface area contributed by atoms with Gasteiger partial charge < -0.3 is 19.9 Å². The molecule has 1 saturated heterocycles. The quantitative estimate of drug-likeness (QED) is 0.843. The maximum Gasteiger partial charge on any atom is 0.317 e. The highest BCUT2D eigenvalue weighted by atomic mass is 16.5. The van der Waals surface area contributed by atoms with E-state index in [1.54, 1.807) is 16.8 Å². The molecule has 0 radical (unpaired) electrons. The van der Waals surface area contributed by atoms with E-state index in [2.05, 4.69) is 24.4 Å². The van der Waals surface area contributed by atoms with Gasteiger partial charge >= 0.3 is 6.03 Å². The largest absolute Gasteiger partial charge is 0.489 e. The van der Waals surface area contributed by atoms with E-state index in [-0.39, 0.29) is 18.0 Å². The van der Waals surface area contributed by atoms with Gasteiger partial charge in [-0.1, -0.05) is 42.0 Å². The molecule has 3 amide bonds. The number of urea groups is 1. The van der Waals surface area contributed by atoms with E-state index >= 15 is 0 Å². The number of hydrogen-bond donors (Lipinski definition) is 1. The average molecular weight is 396 g/mol. The fourth-order valence-corrected chi connectivity index (χ4v) is 3.31. The summed E-state index contributed by atoms with van der Waals surface area (Å²) >= 11 is 0. The Labute approximate surface area is 172 Å². The van der Waals surface area contributed by atoms with Gasteiger partial charge in [0.25, 0.3) is 0 Å². The van der Waals surface area contributed by atoms with Crippen molar-refractivity contribution < 1.29 is 14.3 Å². The molecule has 0 bridgehead atoms. The van der Waals surface area contributed by atoms with Crippen molar-refractivity contribution in [3.05, 3.63) is 65.2 Å². The summed E-state index contributed by atoms with van der Waals surface area (Å²) in [4.78, 5) is 27.7. The van der Waals surface area contributed by atoms with Crippen molar-refractivity contribution in [1.82, 2.24) is 15.1 Å². The SMILES string of the molecule is Cc1cccc(COc2ccc(C(C)NC(=O)N3CCC(=O)N(C)CC3)cc2)c1. The van der Waals surface area contributed by atoms with E-state index in [0.29, 0.717) is 32.7 Å². The second kappa shape index (κ2) is 9.45. The Kier molecular flexibility index (Phi) is 6.75. The molecule has 154 valence electrons. The fourth-order valence-electron chi connectivity index (χ4n) is 3.31. The van der Waals surface area contributed by atoms with E-state index in [9.17, 15) is 9.59 Å². The number of ether oxygens (including phenoxy) is 1. The van der Waals surface area contributed by atoms with Crippen molar-refractivity contribution in [3.8, 4) is 5.75 Å². The van der Waals surface area contributed by atoms with Crippen LogP contribution in [0.3, 0.4) is 0 Å². The molecule has 29 heavy (non-hydrogen) atoms. The molecule has 0 aliphatic carbocycles. The summed E-state index contributed by atoms with van der Waals surface area (Å²) < 4.78 is 5.86. The highest BCUT2D eigenvalue weighted by molar-refractivity contribution is 5.79. The van der Waals surface area contributed by atoms with Gasteiger partial charge in [0.2, 0.25) is 5.91 Å². The van der Waals surface area contributed by atoms with Crippen molar-refractivity contribution in [2.24, 2.45) is 0 Å². The first-order chi connectivity index (χ1) is 13.9. The number of benzene rings is 2. The number of amides is 3. The second-order valence-electron chi connectivity index (χ2n) is 7.57. The Balaban J connectivity index is 1.52. The second-order valence-corrected chi connectivity index (χ2v) is 7.57. The van der Waals surface area contributed by atoms with Gasteiger partial charge in [0.05, 0.1) is 6.04 Å². The van der Waals surface area contributed by atoms with Crippen LogP contribution < -0.4 is 10.1 Å². The predicted molar refractivity (Wildman–Crippen MR) is 113 cm³/mol. The summed E-state index contributed by atoms with van der Waals surface area (Å²) in [6, 6.07) is 15.8. The number of nitrogens with one attached hydrogen (secondary N) is 1. The van der Waals surface area contributed by atoms with E-state index in [1.807, 2.05) is 43.3 Å². The smallest absolute Gasteiger partial charge is 0.317 e. The first-order valence-electron chi connectivity index (χ1n) is 10.00. The summed E-state index contributed by atoms with van der Waals surface area (Å²) in [6.45, 7) is 6.11. The van der Waals surface area contributed by atoms with Crippen LogP contribution in [0, 0.1) is 6.92 Å². The Bertz CT molecular complexity index is 851. The molecular formula is C23H29N3O3. The van der Waals surface area contributed by atoms with E-state index in [0.717, 1.165) is 16.9 Å². The lowest BCUT2D eigenvalue weighted by molar-refractivity contribution is -0.129. The highest BCUT2D eigenvalue weighted by Crippen LogP contribution is 2.19. The maximum absolute atomic E-state index is 12.6. The minimum atomic E-state index is -0.139. The number of carbonyl (C=O) groups is 2. The standard InChI is InChI=1S/C23H29N3O3/c1-17-5-4-6-19(15-17)16-29-21-9-7-20(8-10-21)18(2)24-23(28)26-12-11-22(27)25(3)13-14-26/h4-10,15,18H,11-14,16H2,1-3H3,(H,24,28). The first kappa shape index (κ1) is 20.7. The van der Waals surface area contributed by atoms with Crippen molar-refractivity contribution >= 4 is 11.9 Å². The van der Waals surface area contributed by atoms with Crippen LogP contribution in [0.15, 0.2) is 48.5 Å². The van der Waals surface area contributed by atoms with Crippen LogP contribution in [0.2, 0.25) is 0 Å². The van der Waals surface area contributed by atoms with Gasteiger partial charge in [-0.15, -0.1) is 0 Å². The number of hydrogen-bond acceptors (Lipinski definition) is 3. The Morgan fingerprint density at radius 1 is 1.14 bits per heavy atom. The van der Waals surface area contributed by atoms with Gasteiger partial charge in [0.15, 0.2) is 0 Å². The number of rotatable bonds is 5. The van der Waals surface area contributed by atoms with Crippen LogP contribution >= 0.6 is 0 Å². The number of aryl methyl sites for hydroxylation is 1. The van der Waals surface area contributed by atoms with Crippen LogP contribution in [0.25, 0.3) is 0 Å². The molecule has 1 heterocycles. The summed E-state index contributed by atoms with van der Waals surface area (Å²) in [5, 5.41) is 3.02. The molecule has 0 saturated carbocycles. The normalized spacial score (nSPS) is 15.6. The third-order valence-electron chi connectivity index (χ3n) is 5.22. The molecule has 2 aromatic carbocycles. The molecule has 1 atom stereocenters. The molecule has 1 unspecified atom stereocenters. The van der Waals surface area contributed by atoms with Crippen molar-refractivity contribution in [3.63, 3.8) is 0 Å². The topological polar surface area (TPSA) is 61.9 Å². The van der Waals surface area contributed by atoms with Crippen molar-refractivity contribution in [2.45, 2.75) is 32.9 Å². The van der Waals surface area contributed by atoms with Crippen LogP contribution in [-0.2, 0) is 11.4 Å². The van der Waals surface area contributed by atoms with Crippen LogP contribution in [0.4, 0.5) is 4.79 Å². The lowest BCUT2D eigenvalue weighted by atomic mass is 10.1. The molecular weight excluding hydrogens is 366 g/mol. The van der Waals surface area contributed by atoms with Gasteiger partial charge in [-0.25, -0.2) is 4.79 Å². The van der Waals surface area contributed by atoms with Crippen molar-refractivity contribution in [2.75, 3.05) is 26.7 Å². The third-order valence-corrected chi connectivity index (χ3v) is 5.22. The summed E-state index contributed by atoms with van der Waals surface area (Å²) in [7, 11) is 1.77. The summed E-state index contributed by atoms with van der Waals surface area (Å²) in [5.41, 5.74) is 3.35. The molecule has 6 heteroatoms. The zero-order valence-electron chi connectivity index (χ0n) is 17.4. The first-order valence-corrected chi connectivity index (χ1v) is 10.00. The molecule has 6 nitrogen and oxygen atoms in total. The lowest BCUT2D eigenvalue weighted by Gasteiger charge is -2.24. The van der Waals surface area contributed by atoms with Crippen LogP contribution in [-0.4, -0.2) is 48.4 Å². The predicted octanol–water partition coefficient (Wildman–Crippen LogP) is 3.51. The van der Waals surface area contributed by atoms with E-state index < -0.39 is 0 Å². The maximum atomic E-state index is 12.6. The highest BCUT2D eigenvalue weighted by Gasteiger charge is 2.22. The van der Waals surface area contributed by atoms with Crippen molar-refractivity contribution in [1.29, 1.82) is 0 Å². The van der Waals surface area contributed by atoms with Gasteiger partial charge in [-0.2, -0.15) is 0 Å². The Hall–Kier alpha value is -3.02. The lowest BCUT2D eigenvalue weighted by Crippen LogP contribution is -2.42. The molecule has 1 aliphatic heterocycles. The van der Waals surface area contributed by atoms with Gasteiger partial charge in [-0.05, 0) is 37.1 Å². The van der Waals surface area contributed by atoms with E-state index in [4.69, 9.17) is 4.74 Å². The fraction of sp³-hybridized carbons (Fsp3) is 0.391. The minimum Gasteiger partial charge on any atom is -0.489 e. The zero-order chi connectivity index (χ0) is 20.8. The summed E-state index contributed by atoms with van der Waals surface area (Å²) in [6.07, 6.45) is 0.366. The molecule has 2 aromatic rings. The van der Waals surface area contributed by atoms with Gasteiger partial charge in [0, 0.05) is 33.1 Å². The zero-order valence-corrected chi connectivity index (χ0v) is 17.4. The molecule has 0 aromatic heterocycles. The average Bonchev–Trinajstić information content (AvgIpc) is 2.88. The number of carbonyl (C=O) groups excluding carboxylic acids is 2. The van der Waals surface area contributed by atoms with Gasteiger partial charge in [0.1, 0.15) is 12.4 Å². The minimum absolute atomic E-state index is 0.0783. The Morgan fingerprint density at radius 2 is 1.90 bits per heavy atom. The third kappa shape index (κ3) is 5.73.